The topological polar surface area (TPSA) is 33.4 Å². The van der Waals surface area contributed by atoms with Crippen molar-refractivity contribution in [1.82, 2.24) is 14.6 Å². The molecule has 0 spiro atoms. The van der Waals surface area contributed by atoms with Crippen molar-refractivity contribution in [2.75, 3.05) is 18.5 Å². The molecule has 1 aliphatic carbocycles. The Morgan fingerprint density at radius 2 is 2.20 bits per heavy atom. The van der Waals surface area contributed by atoms with Crippen LogP contribution in [0.2, 0.25) is 0 Å². The number of hydrogen-bond donors (Lipinski definition) is 0. The third-order valence-corrected chi connectivity index (χ3v) is 4.41. The number of anilines is 1. The third-order valence-electron chi connectivity index (χ3n) is 4.05. The van der Waals surface area contributed by atoms with E-state index in [4.69, 9.17) is 11.6 Å². The van der Waals surface area contributed by atoms with E-state index < -0.39 is 0 Å². The van der Waals surface area contributed by atoms with Crippen LogP contribution in [0.3, 0.4) is 0 Å². The van der Waals surface area contributed by atoms with Crippen molar-refractivity contribution in [3.05, 3.63) is 24.2 Å². The summed E-state index contributed by atoms with van der Waals surface area (Å²) in [5, 5.41) is 4.98. The molecule has 3 rings (SSSR count). The lowest BCUT2D eigenvalue weighted by Gasteiger charge is -2.34. The number of rotatable bonds is 4. The van der Waals surface area contributed by atoms with E-state index >= 15 is 0 Å². The SMILES string of the molecule is CC(C)c1cc2c(N(C)CC3CC(Cl)C3)nccn2n1. The van der Waals surface area contributed by atoms with Gasteiger partial charge in [-0.15, -0.1) is 11.6 Å². The van der Waals surface area contributed by atoms with Crippen LogP contribution in [0.5, 0.6) is 0 Å². The van der Waals surface area contributed by atoms with Gasteiger partial charge in [0, 0.05) is 31.4 Å². The molecular formula is C15H21ClN4. The highest BCUT2D eigenvalue weighted by Gasteiger charge is 2.28. The largest absolute Gasteiger partial charge is 0.358 e. The first-order valence-corrected chi connectivity index (χ1v) is 7.67. The zero-order valence-electron chi connectivity index (χ0n) is 12.3. The quantitative estimate of drug-likeness (QED) is 0.811. The van der Waals surface area contributed by atoms with E-state index in [0.717, 1.165) is 36.4 Å². The zero-order chi connectivity index (χ0) is 14.3. The Bertz CT molecular complexity index is 601. The van der Waals surface area contributed by atoms with Crippen LogP contribution in [-0.4, -0.2) is 33.6 Å². The second-order valence-corrected chi connectivity index (χ2v) is 6.74. The minimum absolute atomic E-state index is 0.375. The van der Waals surface area contributed by atoms with Gasteiger partial charge in [-0.05, 0) is 30.7 Å². The molecule has 0 radical (unpaired) electrons. The summed E-state index contributed by atoms with van der Waals surface area (Å²) >= 11 is 6.06. The van der Waals surface area contributed by atoms with Gasteiger partial charge in [0.25, 0.3) is 0 Å². The fraction of sp³-hybridized carbons (Fsp3) is 0.600. The molecule has 0 saturated heterocycles. The van der Waals surface area contributed by atoms with Gasteiger partial charge in [0.15, 0.2) is 5.82 Å². The maximum atomic E-state index is 6.06. The Hall–Kier alpha value is -1.29. The Labute approximate surface area is 124 Å². The lowest BCUT2D eigenvalue weighted by atomic mass is 9.84. The minimum Gasteiger partial charge on any atom is -0.358 e. The normalized spacial score (nSPS) is 22.2. The smallest absolute Gasteiger partial charge is 0.154 e. The predicted octanol–water partition coefficient (Wildman–Crippen LogP) is 3.31. The number of fused-ring (bicyclic) bond motifs is 1. The van der Waals surface area contributed by atoms with Crippen LogP contribution < -0.4 is 4.90 Å². The second kappa shape index (κ2) is 5.24. The Kier molecular flexibility index (Phi) is 3.59. The van der Waals surface area contributed by atoms with Crippen LogP contribution in [0.4, 0.5) is 5.82 Å². The molecule has 2 aromatic heterocycles. The van der Waals surface area contributed by atoms with Gasteiger partial charge < -0.3 is 4.90 Å². The maximum absolute atomic E-state index is 6.06. The van der Waals surface area contributed by atoms with Crippen LogP contribution in [0, 0.1) is 5.92 Å². The molecule has 0 aliphatic heterocycles. The molecule has 0 aromatic carbocycles. The van der Waals surface area contributed by atoms with E-state index in [2.05, 4.69) is 41.9 Å². The number of halogens is 1. The molecule has 20 heavy (non-hydrogen) atoms. The molecule has 0 unspecified atom stereocenters. The first-order valence-electron chi connectivity index (χ1n) is 7.24. The average molecular weight is 293 g/mol. The molecule has 0 amide bonds. The van der Waals surface area contributed by atoms with Gasteiger partial charge >= 0.3 is 0 Å². The Morgan fingerprint density at radius 3 is 2.85 bits per heavy atom. The summed E-state index contributed by atoms with van der Waals surface area (Å²) in [4.78, 5) is 6.77. The standard InChI is InChI=1S/C15H21ClN4/c1-10(2)13-8-14-15(17-4-5-20(14)18-13)19(3)9-11-6-12(16)7-11/h4-5,8,10-12H,6-7,9H2,1-3H3. The number of hydrogen-bond acceptors (Lipinski definition) is 3. The van der Waals surface area contributed by atoms with Gasteiger partial charge in [0.1, 0.15) is 5.52 Å². The lowest BCUT2D eigenvalue weighted by Crippen LogP contribution is -2.35. The van der Waals surface area contributed by atoms with E-state index in [1.54, 1.807) is 0 Å². The molecule has 0 atom stereocenters. The van der Waals surface area contributed by atoms with Gasteiger partial charge in [-0.25, -0.2) is 9.50 Å². The zero-order valence-corrected chi connectivity index (χ0v) is 13.0. The Morgan fingerprint density at radius 1 is 1.45 bits per heavy atom. The number of alkyl halides is 1. The highest BCUT2D eigenvalue weighted by Crippen LogP contribution is 2.33. The fourth-order valence-electron chi connectivity index (χ4n) is 2.78. The van der Waals surface area contributed by atoms with Crippen molar-refractivity contribution in [2.24, 2.45) is 5.92 Å². The molecule has 0 N–H and O–H groups in total. The number of aromatic nitrogens is 3. The Balaban J connectivity index is 1.86. The van der Waals surface area contributed by atoms with Crippen LogP contribution in [0.25, 0.3) is 5.52 Å². The van der Waals surface area contributed by atoms with Crippen molar-refractivity contribution in [1.29, 1.82) is 0 Å². The molecule has 108 valence electrons. The molecule has 1 fully saturated rings. The first-order chi connectivity index (χ1) is 9.54. The predicted molar refractivity (Wildman–Crippen MR) is 82.7 cm³/mol. The van der Waals surface area contributed by atoms with Crippen LogP contribution >= 0.6 is 11.6 Å². The molecule has 5 heteroatoms. The maximum Gasteiger partial charge on any atom is 0.154 e. The first kappa shape index (κ1) is 13.7. The second-order valence-electron chi connectivity index (χ2n) is 6.12. The summed E-state index contributed by atoms with van der Waals surface area (Å²) in [5.41, 5.74) is 2.19. The van der Waals surface area contributed by atoms with Gasteiger partial charge in [-0.2, -0.15) is 5.10 Å². The molecule has 2 heterocycles. The summed E-state index contributed by atoms with van der Waals surface area (Å²) in [6.45, 7) is 5.33. The van der Waals surface area contributed by atoms with Gasteiger partial charge in [0.2, 0.25) is 0 Å². The van der Waals surface area contributed by atoms with E-state index in [0.29, 0.717) is 17.2 Å². The van der Waals surface area contributed by atoms with Crippen molar-refractivity contribution < 1.29 is 0 Å². The summed E-state index contributed by atoms with van der Waals surface area (Å²) in [6, 6.07) is 2.15. The van der Waals surface area contributed by atoms with Crippen LogP contribution in [0.1, 0.15) is 38.3 Å². The van der Waals surface area contributed by atoms with Crippen LogP contribution in [-0.2, 0) is 0 Å². The highest BCUT2D eigenvalue weighted by molar-refractivity contribution is 6.21. The van der Waals surface area contributed by atoms with Gasteiger partial charge in [0.05, 0.1) is 5.69 Å². The summed E-state index contributed by atoms with van der Waals surface area (Å²) < 4.78 is 1.93. The van der Waals surface area contributed by atoms with Crippen molar-refractivity contribution in [3.8, 4) is 0 Å². The highest BCUT2D eigenvalue weighted by atomic mass is 35.5. The number of nitrogens with zero attached hydrogens (tertiary/aromatic N) is 4. The monoisotopic (exact) mass is 292 g/mol. The lowest BCUT2D eigenvalue weighted by molar-refractivity contribution is 0.329. The molecule has 1 saturated carbocycles. The third kappa shape index (κ3) is 2.49. The average Bonchev–Trinajstić information content (AvgIpc) is 2.80. The van der Waals surface area contributed by atoms with E-state index in [9.17, 15) is 0 Å². The summed E-state index contributed by atoms with van der Waals surface area (Å²) in [7, 11) is 2.10. The van der Waals surface area contributed by atoms with Gasteiger partial charge in [-0.1, -0.05) is 13.8 Å². The van der Waals surface area contributed by atoms with Gasteiger partial charge in [-0.3, -0.25) is 0 Å². The van der Waals surface area contributed by atoms with E-state index in [1.165, 1.54) is 0 Å². The molecule has 1 aliphatic rings. The molecule has 4 nitrogen and oxygen atoms in total. The van der Waals surface area contributed by atoms with E-state index in [-0.39, 0.29) is 0 Å². The van der Waals surface area contributed by atoms with Crippen LogP contribution in [0.15, 0.2) is 18.5 Å². The molecule has 0 bridgehead atoms. The van der Waals surface area contributed by atoms with Crippen molar-refractivity contribution in [2.45, 2.75) is 38.0 Å². The van der Waals surface area contributed by atoms with E-state index in [1.807, 2.05) is 16.9 Å². The molecular weight excluding hydrogens is 272 g/mol. The fourth-order valence-corrected chi connectivity index (χ4v) is 3.28. The molecule has 2 aromatic rings. The minimum atomic E-state index is 0.375. The van der Waals surface area contributed by atoms with Crippen molar-refractivity contribution >= 4 is 22.9 Å². The summed E-state index contributed by atoms with van der Waals surface area (Å²) in [6.07, 6.45) is 5.97. The van der Waals surface area contributed by atoms with Crippen molar-refractivity contribution in [3.63, 3.8) is 0 Å². The summed E-state index contributed by atoms with van der Waals surface area (Å²) in [5.74, 6) is 2.12.